The van der Waals surface area contributed by atoms with Crippen molar-refractivity contribution in [1.82, 2.24) is 0 Å². The number of hydrogen-bond donors (Lipinski definition) is 3. The highest BCUT2D eigenvalue weighted by Crippen LogP contribution is 2.40. The van der Waals surface area contributed by atoms with E-state index in [0.29, 0.717) is 0 Å². The summed E-state index contributed by atoms with van der Waals surface area (Å²) in [5.74, 6) is -2.53. The van der Waals surface area contributed by atoms with Crippen LogP contribution >= 0.6 is 15.9 Å². The maximum Gasteiger partial charge on any atom is 0.407 e. The van der Waals surface area contributed by atoms with Gasteiger partial charge in [0, 0.05) is 10.0 Å². The average Bonchev–Trinajstić information content (AvgIpc) is 2.15. The molecule has 0 spiro atoms. The van der Waals surface area contributed by atoms with Crippen LogP contribution in [0.4, 0.5) is 13.2 Å². The van der Waals surface area contributed by atoms with E-state index in [4.69, 9.17) is 10.8 Å². The fraction of sp³-hybridized carbons (Fsp3) is 0.222. The van der Waals surface area contributed by atoms with Crippen LogP contribution in [-0.4, -0.2) is 22.4 Å². The quantitative estimate of drug-likeness (QED) is 0.783. The lowest BCUT2D eigenvalue weighted by atomic mass is 10.0. The zero-order valence-corrected chi connectivity index (χ0v) is 9.71. The van der Waals surface area contributed by atoms with Gasteiger partial charge in [-0.05, 0) is 12.1 Å². The summed E-state index contributed by atoms with van der Waals surface area (Å²) in [5, 5.41) is 18.2. The van der Waals surface area contributed by atoms with Gasteiger partial charge >= 0.3 is 12.1 Å². The van der Waals surface area contributed by atoms with Crippen LogP contribution in [0.1, 0.15) is 22.0 Å². The van der Waals surface area contributed by atoms with E-state index in [0.717, 1.165) is 12.1 Å². The molecule has 0 radical (unpaired) electrons. The summed E-state index contributed by atoms with van der Waals surface area (Å²) in [6, 6.07) is -0.394. The predicted octanol–water partition coefficient (Wildman–Crippen LogP) is 2.42. The van der Waals surface area contributed by atoms with Crippen molar-refractivity contribution in [3.05, 3.63) is 27.7 Å². The Morgan fingerprint density at radius 1 is 1.41 bits per heavy atom. The van der Waals surface area contributed by atoms with Gasteiger partial charge in [-0.3, -0.25) is 0 Å². The van der Waals surface area contributed by atoms with Crippen LogP contribution in [0.3, 0.4) is 0 Å². The van der Waals surface area contributed by atoms with Gasteiger partial charge in [0.15, 0.2) is 0 Å². The van der Waals surface area contributed by atoms with Gasteiger partial charge in [-0.25, -0.2) is 4.79 Å². The van der Waals surface area contributed by atoms with Crippen LogP contribution in [0.2, 0.25) is 0 Å². The summed E-state index contributed by atoms with van der Waals surface area (Å²) in [6.07, 6.45) is -4.78. The molecule has 0 amide bonds. The molecule has 1 atom stereocenters. The summed E-state index contributed by atoms with van der Waals surface area (Å²) in [6.45, 7) is 0. The number of carboxylic acid groups (broad SMARTS) is 1. The number of aromatic hydroxyl groups is 1. The Labute approximate surface area is 102 Å². The molecule has 0 heterocycles. The lowest BCUT2D eigenvalue weighted by Gasteiger charge is -2.19. The van der Waals surface area contributed by atoms with Crippen molar-refractivity contribution in [3.8, 4) is 5.75 Å². The molecule has 0 aliphatic heterocycles. The minimum Gasteiger partial charge on any atom is -0.507 e. The van der Waals surface area contributed by atoms with Crippen LogP contribution in [0, 0.1) is 0 Å². The Hall–Kier alpha value is -1.28. The first-order chi connectivity index (χ1) is 7.66. The molecule has 0 unspecified atom stereocenters. The van der Waals surface area contributed by atoms with Crippen LogP contribution in [-0.2, 0) is 0 Å². The van der Waals surface area contributed by atoms with Crippen molar-refractivity contribution in [3.63, 3.8) is 0 Å². The predicted molar refractivity (Wildman–Crippen MR) is 55.7 cm³/mol. The molecule has 0 aromatic heterocycles. The molecule has 0 bridgehead atoms. The number of carboxylic acids is 1. The fourth-order valence-electron chi connectivity index (χ4n) is 1.22. The highest BCUT2D eigenvalue weighted by atomic mass is 79.9. The molecule has 0 aliphatic carbocycles. The third-order valence-corrected chi connectivity index (χ3v) is 2.75. The average molecular weight is 314 g/mol. The molecule has 4 nitrogen and oxygen atoms in total. The smallest absolute Gasteiger partial charge is 0.407 e. The first-order valence-electron chi connectivity index (χ1n) is 4.23. The van der Waals surface area contributed by atoms with Gasteiger partial charge in [0.05, 0.1) is 0 Å². The number of phenols is 1. The second-order valence-electron chi connectivity index (χ2n) is 3.18. The summed E-state index contributed by atoms with van der Waals surface area (Å²) >= 11 is 2.79. The van der Waals surface area contributed by atoms with E-state index in [-0.39, 0.29) is 4.47 Å². The molecule has 4 N–H and O–H groups in total. The van der Waals surface area contributed by atoms with Crippen molar-refractivity contribution in [2.24, 2.45) is 5.73 Å². The topological polar surface area (TPSA) is 83.6 Å². The monoisotopic (exact) mass is 313 g/mol. The Morgan fingerprint density at radius 2 is 1.94 bits per heavy atom. The molecule has 0 fully saturated rings. The maximum absolute atomic E-state index is 12.4. The van der Waals surface area contributed by atoms with Gasteiger partial charge < -0.3 is 15.9 Å². The van der Waals surface area contributed by atoms with Crippen molar-refractivity contribution < 1.29 is 28.2 Å². The minimum absolute atomic E-state index is 0.107. The Balaban J connectivity index is 3.42. The maximum atomic E-state index is 12.4. The number of benzene rings is 1. The molecule has 94 valence electrons. The van der Waals surface area contributed by atoms with E-state index in [1.54, 1.807) is 0 Å². The number of alkyl halides is 3. The van der Waals surface area contributed by atoms with Crippen LogP contribution in [0.25, 0.3) is 0 Å². The lowest BCUT2D eigenvalue weighted by molar-refractivity contribution is -0.149. The Kier molecular flexibility index (Phi) is 3.68. The number of nitrogens with two attached hydrogens (primary N) is 1. The van der Waals surface area contributed by atoms with Crippen molar-refractivity contribution in [2.45, 2.75) is 12.2 Å². The molecule has 0 aliphatic rings. The minimum atomic E-state index is -4.78. The first-order valence-corrected chi connectivity index (χ1v) is 5.02. The fourth-order valence-corrected chi connectivity index (χ4v) is 1.78. The van der Waals surface area contributed by atoms with Gasteiger partial charge in [0.25, 0.3) is 0 Å². The number of halogens is 4. The Bertz CT molecular complexity index is 462. The van der Waals surface area contributed by atoms with Gasteiger partial charge in [0.1, 0.15) is 17.4 Å². The number of hydrogen-bond acceptors (Lipinski definition) is 3. The zero-order valence-electron chi connectivity index (χ0n) is 8.12. The molecule has 1 aromatic carbocycles. The van der Waals surface area contributed by atoms with E-state index in [1.165, 1.54) is 0 Å². The summed E-state index contributed by atoms with van der Waals surface area (Å²) in [4.78, 5) is 10.7. The molecule has 8 heteroatoms. The molecular weight excluding hydrogens is 307 g/mol. The van der Waals surface area contributed by atoms with Gasteiger partial charge in [-0.15, -0.1) is 0 Å². The molecule has 0 saturated heterocycles. The van der Waals surface area contributed by atoms with Crippen LogP contribution < -0.4 is 5.73 Å². The zero-order chi connectivity index (χ0) is 13.4. The second kappa shape index (κ2) is 4.53. The molecule has 1 rings (SSSR count). The lowest BCUT2D eigenvalue weighted by Crippen LogP contribution is -2.29. The summed E-state index contributed by atoms with van der Waals surface area (Å²) in [7, 11) is 0. The highest BCUT2D eigenvalue weighted by molar-refractivity contribution is 9.10. The van der Waals surface area contributed by atoms with Crippen molar-refractivity contribution in [1.29, 1.82) is 0 Å². The standard InChI is InChI=1S/C9H7BrF3NO3/c10-4-2-1-3(8(16)17)6(15)5(4)7(14)9(11,12)13/h1-2,7,15H,14H2,(H,16,17)/t7-/m1/s1. The molecule has 17 heavy (non-hydrogen) atoms. The third kappa shape index (κ3) is 2.70. The van der Waals surface area contributed by atoms with Gasteiger partial charge in [0.2, 0.25) is 0 Å². The second-order valence-corrected chi connectivity index (χ2v) is 4.04. The van der Waals surface area contributed by atoms with Crippen molar-refractivity contribution >= 4 is 21.9 Å². The molecular formula is C9H7BrF3NO3. The summed E-state index contributed by atoms with van der Waals surface area (Å²) < 4.78 is 37.2. The third-order valence-electron chi connectivity index (χ3n) is 2.06. The first kappa shape index (κ1) is 13.8. The van der Waals surface area contributed by atoms with Crippen molar-refractivity contribution in [2.75, 3.05) is 0 Å². The Morgan fingerprint density at radius 3 is 2.35 bits per heavy atom. The van der Waals surface area contributed by atoms with Gasteiger partial charge in [-0.2, -0.15) is 13.2 Å². The number of carbonyl (C=O) groups is 1. The molecule has 1 aromatic rings. The van der Waals surface area contributed by atoms with E-state index < -0.39 is 35.1 Å². The highest BCUT2D eigenvalue weighted by Gasteiger charge is 2.41. The normalized spacial score (nSPS) is 13.5. The number of rotatable bonds is 2. The van der Waals surface area contributed by atoms with E-state index in [9.17, 15) is 23.1 Å². The van der Waals surface area contributed by atoms with E-state index in [1.807, 2.05) is 0 Å². The van der Waals surface area contributed by atoms with E-state index >= 15 is 0 Å². The largest absolute Gasteiger partial charge is 0.507 e. The SMILES string of the molecule is N[C@H](c1c(Br)ccc(C(=O)O)c1O)C(F)(F)F. The number of aromatic carboxylic acids is 1. The molecule has 0 saturated carbocycles. The van der Waals surface area contributed by atoms with Crippen LogP contribution in [0.15, 0.2) is 16.6 Å². The van der Waals surface area contributed by atoms with E-state index in [2.05, 4.69) is 15.9 Å². The van der Waals surface area contributed by atoms with Gasteiger partial charge in [-0.1, -0.05) is 15.9 Å². The van der Waals surface area contributed by atoms with Crippen LogP contribution in [0.5, 0.6) is 5.75 Å². The summed E-state index contributed by atoms with van der Waals surface area (Å²) in [5.41, 5.74) is 3.60.